The molecular weight excluding hydrogens is 284 g/mol. The molecule has 0 spiro atoms. The first-order chi connectivity index (χ1) is 10.7. The average Bonchev–Trinajstić information content (AvgIpc) is 2.56. The number of carbonyl (C=O) groups excluding carboxylic acids is 1. The third kappa shape index (κ3) is 3.13. The van der Waals surface area contributed by atoms with Gasteiger partial charge in [-0.05, 0) is 18.2 Å². The molecule has 2 aromatic rings. The van der Waals surface area contributed by atoms with Crippen molar-refractivity contribution in [2.24, 2.45) is 0 Å². The zero-order valence-electron chi connectivity index (χ0n) is 11.9. The van der Waals surface area contributed by atoms with Crippen molar-refractivity contribution in [1.82, 2.24) is 20.1 Å². The Morgan fingerprint density at radius 2 is 2.09 bits per heavy atom. The van der Waals surface area contributed by atoms with Crippen LogP contribution in [0.3, 0.4) is 0 Å². The first-order valence-corrected chi connectivity index (χ1v) is 7.15. The molecule has 0 radical (unpaired) electrons. The van der Waals surface area contributed by atoms with Gasteiger partial charge in [0.25, 0.3) is 11.5 Å². The SMILES string of the molecule is O=C(c1ccc[nH]c1=O)N1CCC(Oc2cccnn2)CC1. The Balaban J connectivity index is 1.59. The quantitative estimate of drug-likeness (QED) is 0.908. The number of piperidine rings is 1. The summed E-state index contributed by atoms with van der Waals surface area (Å²) in [4.78, 5) is 28.2. The molecule has 1 amide bonds. The number of likely N-dealkylation sites (tertiary alicyclic amines) is 1. The Morgan fingerprint density at radius 3 is 2.77 bits per heavy atom. The summed E-state index contributed by atoms with van der Waals surface area (Å²) in [6.45, 7) is 1.11. The van der Waals surface area contributed by atoms with Gasteiger partial charge in [0.05, 0.1) is 0 Å². The fourth-order valence-corrected chi connectivity index (χ4v) is 2.46. The fraction of sp³-hybridized carbons (Fsp3) is 0.333. The van der Waals surface area contributed by atoms with Crippen molar-refractivity contribution in [2.75, 3.05) is 13.1 Å². The minimum Gasteiger partial charge on any atom is -0.473 e. The number of ether oxygens (including phenoxy) is 1. The number of hydrogen-bond donors (Lipinski definition) is 1. The summed E-state index contributed by atoms with van der Waals surface area (Å²) < 4.78 is 5.73. The van der Waals surface area contributed by atoms with E-state index >= 15 is 0 Å². The molecule has 1 aliphatic rings. The molecule has 2 aromatic heterocycles. The van der Waals surface area contributed by atoms with Gasteiger partial charge in [-0.3, -0.25) is 9.59 Å². The maximum absolute atomic E-state index is 12.3. The van der Waals surface area contributed by atoms with Crippen LogP contribution in [0.1, 0.15) is 23.2 Å². The molecule has 3 rings (SSSR count). The number of nitrogens with one attached hydrogen (secondary N) is 1. The molecular formula is C15H16N4O3. The lowest BCUT2D eigenvalue weighted by Crippen LogP contribution is -2.43. The van der Waals surface area contributed by atoms with Gasteiger partial charge >= 0.3 is 0 Å². The van der Waals surface area contributed by atoms with E-state index in [0.717, 1.165) is 0 Å². The van der Waals surface area contributed by atoms with Crippen molar-refractivity contribution < 1.29 is 9.53 Å². The van der Waals surface area contributed by atoms with Gasteiger partial charge in [0.15, 0.2) is 0 Å². The van der Waals surface area contributed by atoms with Crippen LogP contribution in [0.2, 0.25) is 0 Å². The minimum absolute atomic E-state index is 0.00908. The summed E-state index contributed by atoms with van der Waals surface area (Å²) in [6, 6.07) is 6.72. The van der Waals surface area contributed by atoms with Gasteiger partial charge in [0, 0.05) is 44.4 Å². The molecule has 0 unspecified atom stereocenters. The molecule has 7 nitrogen and oxygen atoms in total. The zero-order valence-corrected chi connectivity index (χ0v) is 11.9. The maximum atomic E-state index is 12.3. The third-order valence-corrected chi connectivity index (χ3v) is 3.61. The second-order valence-electron chi connectivity index (χ2n) is 5.08. The van der Waals surface area contributed by atoms with E-state index in [-0.39, 0.29) is 23.1 Å². The molecule has 0 aromatic carbocycles. The first-order valence-electron chi connectivity index (χ1n) is 7.15. The molecule has 0 aliphatic carbocycles. The van der Waals surface area contributed by atoms with E-state index in [1.165, 1.54) is 6.20 Å². The molecule has 3 heterocycles. The first kappa shape index (κ1) is 14.2. The van der Waals surface area contributed by atoms with Crippen molar-refractivity contribution >= 4 is 5.91 Å². The number of aromatic amines is 1. The van der Waals surface area contributed by atoms with E-state index < -0.39 is 0 Å². The van der Waals surface area contributed by atoms with Gasteiger partial charge in [0.2, 0.25) is 5.88 Å². The van der Waals surface area contributed by atoms with Crippen LogP contribution in [-0.2, 0) is 0 Å². The number of aromatic nitrogens is 3. The Morgan fingerprint density at radius 1 is 1.27 bits per heavy atom. The topological polar surface area (TPSA) is 88.2 Å². The molecule has 7 heteroatoms. The summed E-state index contributed by atoms with van der Waals surface area (Å²) in [5, 5.41) is 7.65. The van der Waals surface area contributed by atoms with Crippen molar-refractivity contribution in [1.29, 1.82) is 0 Å². The van der Waals surface area contributed by atoms with E-state index in [1.54, 1.807) is 35.4 Å². The number of H-pyrrole nitrogens is 1. The van der Waals surface area contributed by atoms with Gasteiger partial charge in [-0.1, -0.05) is 0 Å². The zero-order chi connectivity index (χ0) is 15.4. The molecule has 22 heavy (non-hydrogen) atoms. The molecule has 1 saturated heterocycles. The monoisotopic (exact) mass is 300 g/mol. The molecule has 0 saturated carbocycles. The number of carbonyl (C=O) groups is 1. The second kappa shape index (κ2) is 6.38. The summed E-state index contributed by atoms with van der Waals surface area (Å²) in [6.07, 6.45) is 4.51. The van der Waals surface area contributed by atoms with E-state index in [9.17, 15) is 9.59 Å². The summed E-state index contributed by atoms with van der Waals surface area (Å²) in [5.41, 5.74) is -0.179. The van der Waals surface area contributed by atoms with Crippen molar-refractivity contribution in [2.45, 2.75) is 18.9 Å². The van der Waals surface area contributed by atoms with E-state index in [4.69, 9.17) is 4.74 Å². The number of rotatable bonds is 3. The van der Waals surface area contributed by atoms with Crippen LogP contribution in [0.4, 0.5) is 0 Å². The number of nitrogens with zero attached hydrogens (tertiary/aromatic N) is 3. The number of pyridine rings is 1. The highest BCUT2D eigenvalue weighted by Crippen LogP contribution is 2.17. The van der Waals surface area contributed by atoms with Crippen LogP contribution in [-0.4, -0.2) is 45.2 Å². The predicted octanol–water partition coefficient (Wildman–Crippen LogP) is 0.848. The third-order valence-electron chi connectivity index (χ3n) is 3.61. The highest BCUT2D eigenvalue weighted by molar-refractivity contribution is 5.93. The smallest absolute Gasteiger partial charge is 0.260 e. The Kier molecular flexibility index (Phi) is 4.13. The average molecular weight is 300 g/mol. The van der Waals surface area contributed by atoms with Crippen molar-refractivity contribution in [3.05, 3.63) is 52.6 Å². The minimum atomic E-state index is -0.356. The molecule has 114 valence electrons. The Labute approximate surface area is 126 Å². The highest BCUT2D eigenvalue weighted by Gasteiger charge is 2.26. The van der Waals surface area contributed by atoms with Gasteiger partial charge in [0.1, 0.15) is 11.7 Å². The molecule has 0 atom stereocenters. The highest BCUT2D eigenvalue weighted by atomic mass is 16.5. The van der Waals surface area contributed by atoms with Gasteiger partial charge in [-0.2, -0.15) is 5.10 Å². The maximum Gasteiger partial charge on any atom is 0.260 e. The lowest BCUT2D eigenvalue weighted by molar-refractivity contribution is 0.0584. The van der Waals surface area contributed by atoms with Gasteiger partial charge < -0.3 is 14.6 Å². The van der Waals surface area contributed by atoms with Crippen LogP contribution in [0.5, 0.6) is 5.88 Å². The van der Waals surface area contributed by atoms with Crippen LogP contribution < -0.4 is 10.3 Å². The standard InChI is InChI=1S/C15H16N4O3/c20-14-12(3-1-7-16-14)15(21)19-9-5-11(6-10-19)22-13-4-2-8-17-18-13/h1-4,7-8,11H,5-6,9-10H2,(H,16,20). The molecule has 1 fully saturated rings. The van der Waals surface area contributed by atoms with E-state index in [0.29, 0.717) is 31.8 Å². The molecule has 1 N–H and O–H groups in total. The van der Waals surface area contributed by atoms with Gasteiger partial charge in [-0.15, -0.1) is 5.10 Å². The second-order valence-corrected chi connectivity index (χ2v) is 5.08. The summed E-state index contributed by atoms with van der Waals surface area (Å²) >= 11 is 0. The number of hydrogen-bond acceptors (Lipinski definition) is 5. The van der Waals surface area contributed by atoms with Crippen LogP contribution in [0, 0.1) is 0 Å². The van der Waals surface area contributed by atoms with Crippen molar-refractivity contribution in [3.8, 4) is 5.88 Å². The lowest BCUT2D eigenvalue weighted by Gasteiger charge is -2.31. The van der Waals surface area contributed by atoms with Crippen LogP contribution in [0.25, 0.3) is 0 Å². The van der Waals surface area contributed by atoms with Crippen molar-refractivity contribution in [3.63, 3.8) is 0 Å². The summed E-state index contributed by atoms with van der Waals surface area (Å²) in [7, 11) is 0. The van der Waals surface area contributed by atoms with Crippen LogP contribution in [0.15, 0.2) is 41.5 Å². The number of amides is 1. The fourth-order valence-electron chi connectivity index (χ4n) is 2.46. The normalized spacial score (nSPS) is 15.5. The lowest BCUT2D eigenvalue weighted by atomic mass is 10.1. The molecule has 0 bridgehead atoms. The summed E-state index contributed by atoms with van der Waals surface area (Å²) in [5.74, 6) is 0.256. The van der Waals surface area contributed by atoms with Gasteiger partial charge in [-0.25, -0.2) is 0 Å². The van der Waals surface area contributed by atoms with Crippen LogP contribution >= 0.6 is 0 Å². The largest absolute Gasteiger partial charge is 0.473 e. The Hall–Kier alpha value is -2.70. The van der Waals surface area contributed by atoms with E-state index in [2.05, 4.69) is 15.2 Å². The predicted molar refractivity (Wildman–Crippen MR) is 78.6 cm³/mol. The molecule has 1 aliphatic heterocycles. The Bertz CT molecular complexity index is 693. The van der Waals surface area contributed by atoms with E-state index in [1.807, 2.05) is 0 Å².